The molecule has 3 nitrogen and oxygen atoms in total. The lowest BCUT2D eigenvalue weighted by Crippen LogP contribution is -2.32. The quantitative estimate of drug-likeness (QED) is 0.836. The fourth-order valence-corrected chi connectivity index (χ4v) is 1.90. The number of carbonyl (C=O) groups is 1. The Morgan fingerprint density at radius 3 is 2.56 bits per heavy atom. The number of rotatable bonds is 5. The lowest BCUT2D eigenvalue weighted by atomic mass is 10.2. The van der Waals surface area contributed by atoms with E-state index in [1.165, 1.54) is 7.11 Å². The van der Waals surface area contributed by atoms with E-state index >= 15 is 0 Å². The molecule has 0 aliphatic rings. The number of hydrogen-bond acceptors (Lipinski definition) is 2. The van der Waals surface area contributed by atoms with E-state index in [0.29, 0.717) is 0 Å². The van der Waals surface area contributed by atoms with Gasteiger partial charge >= 0.3 is 0 Å². The first-order valence-corrected chi connectivity index (χ1v) is 6.24. The van der Waals surface area contributed by atoms with Crippen LogP contribution in [0.15, 0.2) is 16.6 Å². The maximum atomic E-state index is 13.4. The second-order valence-corrected chi connectivity index (χ2v) is 5.04. The van der Waals surface area contributed by atoms with Crippen molar-refractivity contribution in [3.63, 3.8) is 0 Å². The van der Waals surface area contributed by atoms with Crippen molar-refractivity contribution in [2.45, 2.75) is 5.38 Å². The van der Waals surface area contributed by atoms with E-state index in [9.17, 15) is 13.6 Å². The fraction of sp³-hybridized carbons (Fsp3) is 0.364. The molecular weight excluding hydrogens is 331 g/mol. The van der Waals surface area contributed by atoms with E-state index in [1.807, 2.05) is 0 Å². The highest BCUT2D eigenvalue weighted by atomic mass is 79.9. The van der Waals surface area contributed by atoms with Crippen LogP contribution in [-0.2, 0) is 4.74 Å². The lowest BCUT2D eigenvalue weighted by molar-refractivity contribution is 0.0941. The standard InChI is InChI=1S/C11H11BrClF2NO2/c1-18-5-7(13)4-16-11(17)10-8(14)2-6(12)3-9(10)15/h2-3,7H,4-5H2,1H3,(H,16,17). The summed E-state index contributed by atoms with van der Waals surface area (Å²) in [5.41, 5.74) is -0.625. The van der Waals surface area contributed by atoms with Gasteiger partial charge in [0.1, 0.15) is 17.2 Å². The van der Waals surface area contributed by atoms with E-state index in [1.54, 1.807) is 0 Å². The third-order valence-electron chi connectivity index (χ3n) is 2.07. The van der Waals surface area contributed by atoms with Crippen molar-refractivity contribution in [3.8, 4) is 0 Å². The topological polar surface area (TPSA) is 38.3 Å². The molecule has 0 saturated heterocycles. The molecular formula is C11H11BrClF2NO2. The largest absolute Gasteiger partial charge is 0.383 e. The van der Waals surface area contributed by atoms with Gasteiger partial charge in [-0.1, -0.05) is 15.9 Å². The van der Waals surface area contributed by atoms with Gasteiger partial charge in [0.25, 0.3) is 5.91 Å². The smallest absolute Gasteiger partial charge is 0.257 e. The first kappa shape index (κ1) is 15.3. The molecule has 1 atom stereocenters. The molecule has 0 aromatic heterocycles. The van der Waals surface area contributed by atoms with Crippen molar-refractivity contribution in [2.24, 2.45) is 0 Å². The number of amides is 1. The van der Waals surface area contributed by atoms with Crippen LogP contribution in [0.1, 0.15) is 10.4 Å². The van der Waals surface area contributed by atoms with Gasteiger partial charge in [-0.2, -0.15) is 0 Å². The van der Waals surface area contributed by atoms with Crippen LogP contribution in [0, 0.1) is 11.6 Å². The Hall–Kier alpha value is -0.720. The first-order valence-electron chi connectivity index (χ1n) is 5.01. The maximum absolute atomic E-state index is 13.4. The second kappa shape index (κ2) is 7.01. The summed E-state index contributed by atoms with van der Waals surface area (Å²) in [6.45, 7) is 0.288. The van der Waals surface area contributed by atoms with Crippen molar-refractivity contribution in [1.29, 1.82) is 0 Å². The van der Waals surface area contributed by atoms with Gasteiger partial charge in [0.15, 0.2) is 0 Å². The predicted molar refractivity (Wildman–Crippen MR) is 67.9 cm³/mol. The lowest BCUT2D eigenvalue weighted by Gasteiger charge is -2.11. The highest BCUT2D eigenvalue weighted by Gasteiger charge is 2.18. The van der Waals surface area contributed by atoms with Crippen LogP contribution in [0.4, 0.5) is 8.78 Å². The number of carbonyl (C=O) groups excluding carboxylic acids is 1. The fourth-order valence-electron chi connectivity index (χ4n) is 1.29. The van der Waals surface area contributed by atoms with Crippen LogP contribution in [0.5, 0.6) is 0 Å². The molecule has 0 aliphatic carbocycles. The van der Waals surface area contributed by atoms with Gasteiger partial charge in [0.05, 0.1) is 12.0 Å². The summed E-state index contributed by atoms with van der Waals surface area (Å²) in [4.78, 5) is 11.6. The van der Waals surface area contributed by atoms with Gasteiger partial charge in [-0.3, -0.25) is 4.79 Å². The van der Waals surface area contributed by atoms with E-state index < -0.39 is 28.5 Å². The Kier molecular flexibility index (Phi) is 5.98. The third kappa shape index (κ3) is 4.19. The minimum Gasteiger partial charge on any atom is -0.383 e. The zero-order valence-electron chi connectivity index (χ0n) is 9.47. The number of halogens is 4. The van der Waals surface area contributed by atoms with Crippen molar-refractivity contribution in [3.05, 3.63) is 33.8 Å². The number of nitrogens with one attached hydrogen (secondary N) is 1. The Balaban J connectivity index is 2.73. The van der Waals surface area contributed by atoms with E-state index in [4.69, 9.17) is 16.3 Å². The van der Waals surface area contributed by atoms with Gasteiger partial charge in [-0.15, -0.1) is 11.6 Å². The minimum absolute atomic E-state index is 0.0587. The Labute approximate surface area is 117 Å². The molecule has 1 aromatic carbocycles. The van der Waals surface area contributed by atoms with Crippen LogP contribution in [0.25, 0.3) is 0 Å². The molecule has 0 aliphatic heterocycles. The predicted octanol–water partition coefficient (Wildman–Crippen LogP) is 2.71. The minimum atomic E-state index is -0.933. The van der Waals surface area contributed by atoms with Gasteiger partial charge in [-0.05, 0) is 12.1 Å². The van der Waals surface area contributed by atoms with Crippen LogP contribution in [0.2, 0.25) is 0 Å². The molecule has 1 N–H and O–H groups in total. The maximum Gasteiger partial charge on any atom is 0.257 e. The van der Waals surface area contributed by atoms with Gasteiger partial charge < -0.3 is 10.1 Å². The summed E-state index contributed by atoms with van der Waals surface area (Å²) >= 11 is 8.71. The molecule has 7 heteroatoms. The van der Waals surface area contributed by atoms with Crippen molar-refractivity contribution >= 4 is 33.4 Å². The van der Waals surface area contributed by atoms with Crippen LogP contribution >= 0.6 is 27.5 Å². The Morgan fingerprint density at radius 2 is 2.06 bits per heavy atom. The second-order valence-electron chi connectivity index (χ2n) is 3.51. The monoisotopic (exact) mass is 341 g/mol. The summed E-state index contributed by atoms with van der Waals surface area (Å²) in [6.07, 6.45) is 0. The normalized spacial score (nSPS) is 12.3. The summed E-state index contributed by atoms with van der Waals surface area (Å²) in [5, 5.41) is 1.88. The van der Waals surface area contributed by atoms with Gasteiger partial charge in [-0.25, -0.2) is 8.78 Å². The van der Waals surface area contributed by atoms with Gasteiger partial charge in [0, 0.05) is 18.1 Å². The number of ether oxygens (including phenoxy) is 1. The molecule has 0 radical (unpaired) electrons. The van der Waals surface area contributed by atoms with Crippen LogP contribution < -0.4 is 5.32 Å². The third-order valence-corrected chi connectivity index (χ3v) is 2.80. The van der Waals surface area contributed by atoms with E-state index in [0.717, 1.165) is 12.1 Å². The average Bonchev–Trinajstić information content (AvgIpc) is 2.25. The molecule has 0 bridgehead atoms. The molecule has 100 valence electrons. The number of methoxy groups -OCH3 is 1. The molecule has 18 heavy (non-hydrogen) atoms. The highest BCUT2D eigenvalue weighted by Crippen LogP contribution is 2.19. The Morgan fingerprint density at radius 1 is 1.50 bits per heavy atom. The number of alkyl halides is 1. The molecule has 0 heterocycles. The van der Waals surface area contributed by atoms with Crippen LogP contribution in [-0.4, -0.2) is 31.5 Å². The summed E-state index contributed by atoms with van der Waals surface area (Å²) in [7, 11) is 1.46. The van der Waals surface area contributed by atoms with Gasteiger partial charge in [0.2, 0.25) is 0 Å². The molecule has 1 amide bonds. The Bertz CT molecular complexity index is 422. The summed E-state index contributed by atoms with van der Waals surface area (Å²) in [6, 6.07) is 2.04. The first-order chi connectivity index (χ1) is 8.45. The number of hydrogen-bond donors (Lipinski definition) is 1. The molecule has 0 spiro atoms. The zero-order valence-corrected chi connectivity index (χ0v) is 11.8. The molecule has 1 unspecified atom stereocenters. The summed E-state index contributed by atoms with van der Waals surface area (Å²) in [5.74, 6) is -2.71. The van der Waals surface area contributed by atoms with E-state index in [2.05, 4.69) is 21.2 Å². The molecule has 1 rings (SSSR count). The summed E-state index contributed by atoms with van der Waals surface area (Å²) < 4.78 is 31.9. The van der Waals surface area contributed by atoms with Crippen molar-refractivity contribution < 1.29 is 18.3 Å². The van der Waals surface area contributed by atoms with Crippen molar-refractivity contribution in [2.75, 3.05) is 20.3 Å². The molecule has 1 aromatic rings. The number of benzene rings is 1. The van der Waals surface area contributed by atoms with Crippen LogP contribution in [0.3, 0.4) is 0 Å². The SMILES string of the molecule is COCC(Cl)CNC(=O)c1c(F)cc(Br)cc1F. The van der Waals surface area contributed by atoms with Crippen molar-refractivity contribution in [1.82, 2.24) is 5.32 Å². The zero-order chi connectivity index (χ0) is 13.7. The molecule has 0 saturated carbocycles. The highest BCUT2D eigenvalue weighted by molar-refractivity contribution is 9.10. The average molecular weight is 343 g/mol. The molecule has 0 fully saturated rings. The van der Waals surface area contributed by atoms with E-state index in [-0.39, 0.29) is 17.6 Å².